The van der Waals surface area contributed by atoms with Crippen molar-refractivity contribution in [3.8, 4) is 5.75 Å². The maximum absolute atomic E-state index is 13.5. The van der Waals surface area contributed by atoms with Gasteiger partial charge in [-0.05, 0) is 61.2 Å². The van der Waals surface area contributed by atoms with Gasteiger partial charge >= 0.3 is 0 Å². The number of nitrogens with one attached hydrogen (secondary N) is 1. The van der Waals surface area contributed by atoms with E-state index in [0.29, 0.717) is 12.2 Å². The fourth-order valence-corrected chi connectivity index (χ4v) is 3.77. The molecule has 0 heterocycles. The Bertz CT molecular complexity index is 1080. The molecule has 2 amide bonds. The van der Waals surface area contributed by atoms with Crippen LogP contribution < -0.4 is 10.1 Å². The van der Waals surface area contributed by atoms with Gasteiger partial charge in [0.2, 0.25) is 5.91 Å². The first-order chi connectivity index (χ1) is 16.9. The van der Waals surface area contributed by atoms with E-state index >= 15 is 0 Å². The molecule has 0 aliphatic rings. The van der Waals surface area contributed by atoms with Crippen molar-refractivity contribution in [1.29, 1.82) is 0 Å². The maximum atomic E-state index is 13.5. The van der Waals surface area contributed by atoms with Gasteiger partial charge in [-0.15, -0.1) is 0 Å². The molecule has 0 aliphatic carbocycles. The van der Waals surface area contributed by atoms with E-state index in [-0.39, 0.29) is 36.8 Å². The first-order valence-electron chi connectivity index (χ1n) is 12.0. The molecule has 0 fully saturated rings. The zero-order valence-corrected chi connectivity index (χ0v) is 20.5. The Kier molecular flexibility index (Phi) is 9.41. The number of benzene rings is 3. The molecule has 1 atom stereocenters. The second kappa shape index (κ2) is 12.7. The van der Waals surface area contributed by atoms with Crippen molar-refractivity contribution in [3.05, 3.63) is 101 Å². The van der Waals surface area contributed by atoms with Gasteiger partial charge in [0, 0.05) is 19.0 Å². The average molecular weight is 477 g/mol. The minimum atomic E-state index is -0.761. The standard InChI is InChI=1S/C29H33FN2O3/c1-4-22-12-16-26(17-13-22)35-20-28(33)32(19-24-10-14-25(30)15-11-24)27(29(34)31-21(2)3)18-23-8-6-5-7-9-23/h5-17,21,27H,4,18-20H2,1-3H3,(H,31,34)/t27-/m1/s1. The largest absolute Gasteiger partial charge is 0.484 e. The van der Waals surface area contributed by atoms with Crippen molar-refractivity contribution in [2.24, 2.45) is 0 Å². The fourth-order valence-electron chi connectivity index (χ4n) is 3.77. The van der Waals surface area contributed by atoms with E-state index in [1.54, 1.807) is 12.1 Å². The number of carbonyl (C=O) groups is 2. The Hall–Kier alpha value is -3.67. The quantitative estimate of drug-likeness (QED) is 0.427. The Morgan fingerprint density at radius 1 is 0.886 bits per heavy atom. The molecular formula is C29H33FN2O3. The number of aryl methyl sites for hydroxylation is 1. The highest BCUT2D eigenvalue weighted by molar-refractivity contribution is 5.88. The summed E-state index contributed by atoms with van der Waals surface area (Å²) in [5, 5.41) is 2.95. The molecule has 0 saturated heterocycles. The van der Waals surface area contributed by atoms with Crippen LogP contribution in [0.3, 0.4) is 0 Å². The normalized spacial score (nSPS) is 11.7. The van der Waals surface area contributed by atoms with E-state index in [1.165, 1.54) is 22.6 Å². The van der Waals surface area contributed by atoms with Crippen molar-refractivity contribution in [2.45, 2.75) is 52.2 Å². The van der Waals surface area contributed by atoms with Crippen LogP contribution in [-0.2, 0) is 29.0 Å². The van der Waals surface area contributed by atoms with Gasteiger partial charge in [-0.1, -0.05) is 61.5 Å². The summed E-state index contributed by atoms with van der Waals surface area (Å²) in [6.07, 6.45) is 1.26. The molecule has 5 nitrogen and oxygen atoms in total. The van der Waals surface area contributed by atoms with Crippen molar-refractivity contribution in [1.82, 2.24) is 10.2 Å². The fraction of sp³-hybridized carbons (Fsp3) is 0.310. The summed E-state index contributed by atoms with van der Waals surface area (Å²) in [6.45, 7) is 5.77. The number of ether oxygens (including phenoxy) is 1. The molecule has 1 N–H and O–H groups in total. The zero-order valence-electron chi connectivity index (χ0n) is 20.5. The van der Waals surface area contributed by atoms with Crippen LogP contribution in [0.25, 0.3) is 0 Å². The van der Waals surface area contributed by atoms with Gasteiger partial charge in [0.1, 0.15) is 17.6 Å². The van der Waals surface area contributed by atoms with Crippen LogP contribution in [0.1, 0.15) is 37.5 Å². The van der Waals surface area contributed by atoms with E-state index in [2.05, 4.69) is 12.2 Å². The van der Waals surface area contributed by atoms with Crippen molar-refractivity contribution >= 4 is 11.8 Å². The van der Waals surface area contributed by atoms with Crippen molar-refractivity contribution in [2.75, 3.05) is 6.61 Å². The van der Waals surface area contributed by atoms with E-state index in [9.17, 15) is 14.0 Å². The van der Waals surface area contributed by atoms with E-state index in [4.69, 9.17) is 4.74 Å². The summed E-state index contributed by atoms with van der Waals surface area (Å²) < 4.78 is 19.3. The number of nitrogens with zero attached hydrogens (tertiary/aromatic N) is 1. The number of amides is 2. The van der Waals surface area contributed by atoms with Gasteiger partial charge in [0.15, 0.2) is 6.61 Å². The van der Waals surface area contributed by atoms with Gasteiger partial charge in [0.05, 0.1) is 0 Å². The Labute approximate surface area is 206 Å². The summed E-state index contributed by atoms with van der Waals surface area (Å²) in [4.78, 5) is 28.3. The zero-order chi connectivity index (χ0) is 25.2. The third-order valence-corrected chi connectivity index (χ3v) is 5.66. The molecule has 3 rings (SSSR count). The number of halogens is 1. The highest BCUT2D eigenvalue weighted by Crippen LogP contribution is 2.17. The molecule has 0 aliphatic heterocycles. The second-order valence-electron chi connectivity index (χ2n) is 8.80. The predicted molar refractivity (Wildman–Crippen MR) is 135 cm³/mol. The van der Waals surface area contributed by atoms with Crippen LogP contribution in [0.4, 0.5) is 4.39 Å². The first kappa shape index (κ1) is 25.9. The third kappa shape index (κ3) is 7.95. The molecule has 3 aromatic carbocycles. The van der Waals surface area contributed by atoms with Crippen LogP contribution in [0.15, 0.2) is 78.9 Å². The van der Waals surface area contributed by atoms with Crippen molar-refractivity contribution < 1.29 is 18.7 Å². The Morgan fingerprint density at radius 3 is 2.11 bits per heavy atom. The molecule has 0 saturated carbocycles. The number of carbonyl (C=O) groups excluding carboxylic acids is 2. The average Bonchev–Trinajstić information content (AvgIpc) is 2.86. The van der Waals surface area contributed by atoms with Gasteiger partial charge in [-0.25, -0.2) is 4.39 Å². The van der Waals surface area contributed by atoms with Crippen LogP contribution >= 0.6 is 0 Å². The highest BCUT2D eigenvalue weighted by Gasteiger charge is 2.31. The summed E-state index contributed by atoms with van der Waals surface area (Å²) in [7, 11) is 0. The second-order valence-corrected chi connectivity index (χ2v) is 8.80. The lowest BCUT2D eigenvalue weighted by Crippen LogP contribution is -2.52. The monoisotopic (exact) mass is 476 g/mol. The minimum Gasteiger partial charge on any atom is -0.484 e. The van der Waals surface area contributed by atoms with E-state index in [0.717, 1.165) is 17.5 Å². The van der Waals surface area contributed by atoms with Crippen LogP contribution in [0.2, 0.25) is 0 Å². The predicted octanol–water partition coefficient (Wildman–Crippen LogP) is 4.93. The van der Waals surface area contributed by atoms with Crippen LogP contribution in [0.5, 0.6) is 5.75 Å². The molecule has 0 radical (unpaired) electrons. The minimum absolute atomic E-state index is 0.0862. The number of hydrogen-bond donors (Lipinski definition) is 1. The summed E-state index contributed by atoms with van der Waals surface area (Å²) in [5.74, 6) is -0.340. The van der Waals surface area contributed by atoms with Gasteiger partial charge in [-0.3, -0.25) is 9.59 Å². The molecule has 0 bridgehead atoms. The lowest BCUT2D eigenvalue weighted by molar-refractivity contribution is -0.143. The molecule has 0 unspecified atom stereocenters. The third-order valence-electron chi connectivity index (χ3n) is 5.66. The Balaban J connectivity index is 1.87. The van der Waals surface area contributed by atoms with Crippen LogP contribution in [0, 0.1) is 5.82 Å². The molecular weight excluding hydrogens is 443 g/mol. The first-order valence-corrected chi connectivity index (χ1v) is 12.0. The molecule has 6 heteroatoms. The van der Waals surface area contributed by atoms with Gasteiger partial charge in [-0.2, -0.15) is 0 Å². The van der Waals surface area contributed by atoms with E-state index < -0.39 is 6.04 Å². The molecule has 0 spiro atoms. The topological polar surface area (TPSA) is 58.6 Å². The SMILES string of the molecule is CCc1ccc(OCC(=O)N(Cc2ccc(F)cc2)[C@H](Cc2ccccc2)C(=O)NC(C)C)cc1. The Morgan fingerprint density at radius 2 is 1.51 bits per heavy atom. The van der Waals surface area contributed by atoms with Gasteiger partial charge < -0.3 is 15.0 Å². The summed E-state index contributed by atoms with van der Waals surface area (Å²) in [5.41, 5.74) is 2.83. The smallest absolute Gasteiger partial charge is 0.261 e. The van der Waals surface area contributed by atoms with Gasteiger partial charge in [0.25, 0.3) is 5.91 Å². The van der Waals surface area contributed by atoms with E-state index in [1.807, 2.05) is 68.4 Å². The number of rotatable bonds is 11. The summed E-state index contributed by atoms with van der Waals surface area (Å²) in [6, 6.07) is 22.3. The lowest BCUT2D eigenvalue weighted by Gasteiger charge is -2.32. The number of hydrogen-bond acceptors (Lipinski definition) is 3. The molecule has 0 aromatic heterocycles. The molecule has 35 heavy (non-hydrogen) atoms. The molecule has 184 valence electrons. The van der Waals surface area contributed by atoms with Crippen molar-refractivity contribution in [3.63, 3.8) is 0 Å². The maximum Gasteiger partial charge on any atom is 0.261 e. The lowest BCUT2D eigenvalue weighted by atomic mass is 10.0. The summed E-state index contributed by atoms with van der Waals surface area (Å²) >= 11 is 0. The van der Waals surface area contributed by atoms with Crippen LogP contribution in [-0.4, -0.2) is 35.4 Å². The highest BCUT2D eigenvalue weighted by atomic mass is 19.1. The molecule has 3 aromatic rings.